The molecular weight excluding hydrogens is 274 g/mol. The molecule has 1 aromatic heterocycles. The summed E-state index contributed by atoms with van der Waals surface area (Å²) in [6.45, 7) is 3.48. The van der Waals surface area contributed by atoms with E-state index in [0.29, 0.717) is 6.54 Å². The third kappa shape index (κ3) is 2.72. The molecule has 3 rings (SSSR count). The molecule has 0 bridgehead atoms. The highest BCUT2D eigenvalue weighted by Gasteiger charge is 2.21. The molecule has 0 fully saturated rings. The Morgan fingerprint density at radius 3 is 3.15 bits per heavy atom. The highest BCUT2D eigenvalue weighted by molar-refractivity contribution is 6.20. The second kappa shape index (κ2) is 5.94. The molecular formula is C15H18ClN3O. The third-order valence-corrected chi connectivity index (χ3v) is 4.21. The molecule has 0 spiro atoms. The van der Waals surface area contributed by atoms with Crippen LogP contribution in [0.25, 0.3) is 0 Å². The number of ether oxygens (including phenoxy) is 1. The maximum atomic E-state index is 6.18. The lowest BCUT2D eigenvalue weighted by atomic mass is 9.98. The Balaban J connectivity index is 1.77. The lowest BCUT2D eigenvalue weighted by Gasteiger charge is -2.25. The van der Waals surface area contributed by atoms with E-state index in [1.807, 2.05) is 17.8 Å². The molecule has 0 amide bonds. The van der Waals surface area contributed by atoms with Crippen LogP contribution in [0, 0.1) is 0 Å². The van der Waals surface area contributed by atoms with E-state index in [9.17, 15) is 0 Å². The van der Waals surface area contributed by atoms with Gasteiger partial charge in [0.2, 0.25) is 0 Å². The minimum Gasteiger partial charge on any atom is -0.371 e. The summed E-state index contributed by atoms with van der Waals surface area (Å²) in [6.07, 6.45) is 3.80. The van der Waals surface area contributed by atoms with Crippen molar-refractivity contribution < 1.29 is 4.74 Å². The smallest absolute Gasteiger partial charge is 0.102 e. The van der Waals surface area contributed by atoms with Crippen LogP contribution in [0.1, 0.15) is 41.6 Å². The predicted molar refractivity (Wildman–Crippen MR) is 77.7 cm³/mol. The number of benzene rings is 1. The van der Waals surface area contributed by atoms with Gasteiger partial charge in [0.1, 0.15) is 11.8 Å². The Hall–Kier alpha value is -1.39. The van der Waals surface area contributed by atoms with Crippen molar-refractivity contribution in [3.8, 4) is 0 Å². The lowest BCUT2D eigenvalue weighted by Crippen LogP contribution is -2.20. The van der Waals surface area contributed by atoms with Gasteiger partial charge in [0, 0.05) is 0 Å². The number of alkyl halides is 1. The van der Waals surface area contributed by atoms with Crippen LogP contribution in [0.4, 0.5) is 0 Å². The molecule has 4 nitrogen and oxygen atoms in total. The van der Waals surface area contributed by atoms with Crippen LogP contribution in [0.15, 0.2) is 30.5 Å². The Morgan fingerprint density at radius 1 is 1.45 bits per heavy atom. The molecule has 20 heavy (non-hydrogen) atoms. The summed E-state index contributed by atoms with van der Waals surface area (Å²) in [4.78, 5) is 0. The van der Waals surface area contributed by atoms with Gasteiger partial charge in [0.05, 0.1) is 24.7 Å². The molecule has 1 aliphatic heterocycles. The topological polar surface area (TPSA) is 39.9 Å². The SMILES string of the molecule is CCC(Cl)c1cn(CC2OCCc3ccccc32)nn1. The first-order chi connectivity index (χ1) is 9.78. The number of hydrogen-bond donors (Lipinski definition) is 0. The van der Waals surface area contributed by atoms with E-state index < -0.39 is 0 Å². The second-order valence-electron chi connectivity index (χ2n) is 5.05. The van der Waals surface area contributed by atoms with E-state index in [2.05, 4.69) is 34.6 Å². The summed E-state index contributed by atoms with van der Waals surface area (Å²) in [5, 5.41) is 8.22. The van der Waals surface area contributed by atoms with Crippen LogP contribution < -0.4 is 0 Å². The fraction of sp³-hybridized carbons (Fsp3) is 0.467. The van der Waals surface area contributed by atoms with Crippen LogP contribution in [-0.2, 0) is 17.7 Å². The van der Waals surface area contributed by atoms with Crippen molar-refractivity contribution in [1.29, 1.82) is 0 Å². The van der Waals surface area contributed by atoms with Crippen molar-refractivity contribution in [3.63, 3.8) is 0 Å². The summed E-state index contributed by atoms with van der Waals surface area (Å²) in [5.41, 5.74) is 3.46. The molecule has 0 N–H and O–H groups in total. The van der Waals surface area contributed by atoms with Crippen molar-refractivity contribution in [2.24, 2.45) is 0 Å². The summed E-state index contributed by atoms with van der Waals surface area (Å²) in [6, 6.07) is 8.43. The molecule has 5 heteroatoms. The zero-order valence-electron chi connectivity index (χ0n) is 11.5. The second-order valence-corrected chi connectivity index (χ2v) is 5.58. The molecule has 2 atom stereocenters. The highest BCUT2D eigenvalue weighted by atomic mass is 35.5. The minimum atomic E-state index is -0.0664. The Labute approximate surface area is 123 Å². The standard InChI is InChI=1S/C15H18ClN3O/c1-2-13(16)14-9-19(18-17-14)10-15-12-6-4-3-5-11(12)7-8-20-15/h3-6,9,13,15H,2,7-8,10H2,1H3. The van der Waals surface area contributed by atoms with Crippen LogP contribution >= 0.6 is 11.6 Å². The van der Waals surface area contributed by atoms with E-state index >= 15 is 0 Å². The number of nitrogens with zero attached hydrogens (tertiary/aromatic N) is 3. The largest absolute Gasteiger partial charge is 0.371 e. The molecule has 106 valence electrons. The highest BCUT2D eigenvalue weighted by Crippen LogP contribution is 2.28. The van der Waals surface area contributed by atoms with Crippen molar-refractivity contribution >= 4 is 11.6 Å². The lowest BCUT2D eigenvalue weighted by molar-refractivity contribution is 0.0279. The molecule has 0 saturated carbocycles. The zero-order valence-corrected chi connectivity index (χ0v) is 12.3. The van der Waals surface area contributed by atoms with Gasteiger partial charge in [-0.25, -0.2) is 4.68 Å². The maximum absolute atomic E-state index is 6.18. The summed E-state index contributed by atoms with van der Waals surface area (Å²) >= 11 is 6.18. The third-order valence-electron chi connectivity index (χ3n) is 3.68. The number of hydrogen-bond acceptors (Lipinski definition) is 3. The van der Waals surface area contributed by atoms with Gasteiger partial charge in [0.25, 0.3) is 0 Å². The van der Waals surface area contributed by atoms with Crippen LogP contribution in [0.3, 0.4) is 0 Å². The summed E-state index contributed by atoms with van der Waals surface area (Å²) in [5.74, 6) is 0. The van der Waals surface area contributed by atoms with Crippen molar-refractivity contribution in [2.75, 3.05) is 6.61 Å². The molecule has 2 unspecified atom stereocenters. The van der Waals surface area contributed by atoms with Crippen molar-refractivity contribution in [3.05, 3.63) is 47.3 Å². The van der Waals surface area contributed by atoms with Gasteiger partial charge in [-0.05, 0) is 24.0 Å². The minimum absolute atomic E-state index is 0.0462. The maximum Gasteiger partial charge on any atom is 0.102 e. The first kappa shape index (κ1) is 13.6. The number of halogens is 1. The van der Waals surface area contributed by atoms with Crippen LogP contribution in [0.5, 0.6) is 0 Å². The quantitative estimate of drug-likeness (QED) is 0.812. The van der Waals surface area contributed by atoms with Gasteiger partial charge in [-0.15, -0.1) is 16.7 Å². The van der Waals surface area contributed by atoms with Gasteiger partial charge < -0.3 is 4.74 Å². The number of fused-ring (bicyclic) bond motifs is 1. The predicted octanol–water partition coefficient (Wildman–Crippen LogP) is 3.28. The number of aromatic nitrogens is 3. The normalized spacial score (nSPS) is 19.6. The molecule has 2 heterocycles. The fourth-order valence-corrected chi connectivity index (χ4v) is 2.65. The van der Waals surface area contributed by atoms with Gasteiger partial charge >= 0.3 is 0 Å². The van der Waals surface area contributed by atoms with E-state index in [1.165, 1.54) is 11.1 Å². The van der Waals surface area contributed by atoms with Crippen LogP contribution in [0.2, 0.25) is 0 Å². The molecule has 0 saturated heterocycles. The zero-order chi connectivity index (χ0) is 13.9. The van der Waals surface area contributed by atoms with E-state index in [0.717, 1.165) is 25.1 Å². The molecule has 0 aliphatic carbocycles. The average Bonchev–Trinajstić information content (AvgIpc) is 2.95. The summed E-state index contributed by atoms with van der Waals surface area (Å²) < 4.78 is 7.71. The first-order valence-electron chi connectivity index (χ1n) is 7.01. The molecule has 1 aromatic carbocycles. The molecule has 0 radical (unpaired) electrons. The van der Waals surface area contributed by atoms with E-state index in [-0.39, 0.29) is 11.5 Å². The number of rotatable bonds is 4. The van der Waals surface area contributed by atoms with Gasteiger partial charge in [0.15, 0.2) is 0 Å². The van der Waals surface area contributed by atoms with Gasteiger partial charge in [-0.3, -0.25) is 0 Å². The Bertz CT molecular complexity index is 584. The monoisotopic (exact) mass is 291 g/mol. The molecule has 1 aliphatic rings. The average molecular weight is 292 g/mol. The van der Waals surface area contributed by atoms with E-state index in [1.54, 1.807) is 0 Å². The molecule has 2 aromatic rings. The van der Waals surface area contributed by atoms with Crippen LogP contribution in [-0.4, -0.2) is 21.6 Å². The summed E-state index contributed by atoms with van der Waals surface area (Å²) in [7, 11) is 0. The van der Waals surface area contributed by atoms with Crippen molar-refractivity contribution in [2.45, 2.75) is 37.8 Å². The first-order valence-corrected chi connectivity index (χ1v) is 7.45. The Kier molecular flexibility index (Phi) is 4.03. The van der Waals surface area contributed by atoms with Gasteiger partial charge in [-0.2, -0.15) is 0 Å². The van der Waals surface area contributed by atoms with E-state index in [4.69, 9.17) is 16.3 Å². The van der Waals surface area contributed by atoms with Gasteiger partial charge in [-0.1, -0.05) is 36.4 Å². The fourth-order valence-electron chi connectivity index (χ4n) is 2.55. The Morgan fingerprint density at radius 2 is 2.30 bits per heavy atom. The van der Waals surface area contributed by atoms with Crippen molar-refractivity contribution in [1.82, 2.24) is 15.0 Å².